The van der Waals surface area contributed by atoms with E-state index in [1.54, 1.807) is 6.07 Å². The third-order valence-corrected chi connectivity index (χ3v) is 2.57. The molecule has 0 aliphatic carbocycles. The van der Waals surface area contributed by atoms with E-state index in [1.807, 2.05) is 19.2 Å². The molecule has 0 amide bonds. The van der Waals surface area contributed by atoms with Crippen LogP contribution in [0.25, 0.3) is 0 Å². The number of esters is 1. The number of rotatable bonds is 3. The molecular formula is C12H14N2O2. The predicted molar refractivity (Wildman–Crippen MR) is 62.5 cm³/mol. The number of ether oxygens (including phenoxy) is 1. The van der Waals surface area contributed by atoms with Gasteiger partial charge in [-0.1, -0.05) is 12.1 Å². The van der Waals surface area contributed by atoms with Crippen molar-refractivity contribution in [3.8, 4) is 0 Å². The van der Waals surface area contributed by atoms with E-state index in [-0.39, 0.29) is 5.97 Å². The van der Waals surface area contributed by atoms with Gasteiger partial charge in [0, 0.05) is 18.7 Å². The number of benzene rings is 1. The van der Waals surface area contributed by atoms with Crippen molar-refractivity contribution in [2.24, 2.45) is 4.99 Å². The average Bonchev–Trinajstić information content (AvgIpc) is 2.70. The zero-order chi connectivity index (χ0) is 11.5. The fourth-order valence-corrected chi connectivity index (χ4v) is 1.86. The van der Waals surface area contributed by atoms with Gasteiger partial charge in [0.05, 0.1) is 18.4 Å². The second-order valence-electron chi connectivity index (χ2n) is 3.69. The number of fused-ring (bicyclic) bond motifs is 1. The third-order valence-electron chi connectivity index (χ3n) is 2.57. The lowest BCUT2D eigenvalue weighted by Gasteiger charge is -2.03. The fraction of sp³-hybridized carbons (Fsp3) is 0.333. The van der Waals surface area contributed by atoms with Crippen molar-refractivity contribution in [2.45, 2.75) is 6.42 Å². The molecule has 0 saturated heterocycles. The van der Waals surface area contributed by atoms with E-state index in [9.17, 15) is 4.79 Å². The van der Waals surface area contributed by atoms with Gasteiger partial charge in [-0.05, 0) is 18.7 Å². The van der Waals surface area contributed by atoms with Crippen LogP contribution in [0, 0.1) is 0 Å². The summed E-state index contributed by atoms with van der Waals surface area (Å²) in [5, 5.41) is 3.06. The first-order valence-corrected chi connectivity index (χ1v) is 5.17. The van der Waals surface area contributed by atoms with Gasteiger partial charge in [0.15, 0.2) is 0 Å². The summed E-state index contributed by atoms with van der Waals surface area (Å²) in [6, 6.07) is 5.60. The first-order chi connectivity index (χ1) is 7.76. The minimum absolute atomic E-state index is 0.327. The van der Waals surface area contributed by atoms with E-state index in [2.05, 4.69) is 10.3 Å². The van der Waals surface area contributed by atoms with Gasteiger partial charge in [-0.15, -0.1) is 0 Å². The van der Waals surface area contributed by atoms with Crippen LogP contribution < -0.4 is 5.32 Å². The van der Waals surface area contributed by atoms with Crippen LogP contribution in [0.3, 0.4) is 0 Å². The van der Waals surface area contributed by atoms with E-state index in [1.165, 1.54) is 7.11 Å². The normalized spacial score (nSPS) is 13.2. The number of carbonyl (C=O) groups is 1. The Hall–Kier alpha value is -1.68. The monoisotopic (exact) mass is 218 g/mol. The maximum Gasteiger partial charge on any atom is 0.340 e. The standard InChI is InChI=1S/C12H14N2O2/c1-13-7-9-6-8-4-3-5-10(11(8)14-9)12(15)16-2/h3-5,13H,6-7H2,1-2H3. The molecule has 0 fully saturated rings. The van der Waals surface area contributed by atoms with Crippen molar-refractivity contribution in [1.82, 2.24) is 5.32 Å². The molecule has 0 atom stereocenters. The van der Waals surface area contributed by atoms with Crippen molar-refractivity contribution >= 4 is 17.4 Å². The summed E-state index contributed by atoms with van der Waals surface area (Å²) in [4.78, 5) is 16.0. The van der Waals surface area contributed by atoms with Crippen LogP contribution in [0.5, 0.6) is 0 Å². The molecule has 16 heavy (non-hydrogen) atoms. The summed E-state index contributed by atoms with van der Waals surface area (Å²) in [6.45, 7) is 0.745. The number of hydrogen-bond donors (Lipinski definition) is 1. The van der Waals surface area contributed by atoms with Crippen LogP contribution in [0.15, 0.2) is 23.2 Å². The number of hydrogen-bond acceptors (Lipinski definition) is 4. The van der Waals surface area contributed by atoms with Gasteiger partial charge in [-0.3, -0.25) is 4.99 Å². The minimum atomic E-state index is -0.327. The molecule has 0 unspecified atom stereocenters. The Labute approximate surface area is 94.3 Å². The molecule has 1 aliphatic rings. The van der Waals surface area contributed by atoms with Gasteiger partial charge in [0.1, 0.15) is 0 Å². The highest BCUT2D eigenvalue weighted by atomic mass is 16.5. The molecule has 4 nitrogen and oxygen atoms in total. The molecule has 2 rings (SSSR count). The summed E-state index contributed by atoms with van der Waals surface area (Å²) in [6.07, 6.45) is 0.807. The molecule has 1 aliphatic heterocycles. The molecule has 1 aromatic rings. The molecule has 4 heteroatoms. The highest BCUT2D eigenvalue weighted by Crippen LogP contribution is 2.30. The summed E-state index contributed by atoms with van der Waals surface area (Å²) in [5.41, 5.74) is 3.45. The van der Waals surface area contributed by atoms with Crippen molar-refractivity contribution < 1.29 is 9.53 Å². The van der Waals surface area contributed by atoms with Gasteiger partial charge in [-0.25, -0.2) is 4.79 Å². The summed E-state index contributed by atoms with van der Waals surface area (Å²) < 4.78 is 4.73. The summed E-state index contributed by atoms with van der Waals surface area (Å²) in [5.74, 6) is -0.327. The minimum Gasteiger partial charge on any atom is -0.465 e. The molecule has 1 N–H and O–H groups in total. The number of aliphatic imine (C=N–C) groups is 1. The zero-order valence-electron chi connectivity index (χ0n) is 9.41. The largest absolute Gasteiger partial charge is 0.465 e. The average molecular weight is 218 g/mol. The molecule has 0 radical (unpaired) electrons. The molecule has 1 heterocycles. The van der Waals surface area contributed by atoms with Gasteiger partial charge >= 0.3 is 5.97 Å². The number of para-hydroxylation sites is 1. The second kappa shape index (κ2) is 4.45. The van der Waals surface area contributed by atoms with E-state index >= 15 is 0 Å². The van der Waals surface area contributed by atoms with Crippen LogP contribution in [-0.4, -0.2) is 32.4 Å². The Kier molecular flexibility index (Phi) is 3.01. The van der Waals surface area contributed by atoms with Crippen LogP contribution in [0.1, 0.15) is 15.9 Å². The SMILES string of the molecule is CNCC1=Nc2c(cccc2C(=O)OC)C1. The van der Waals surface area contributed by atoms with Gasteiger partial charge in [-0.2, -0.15) is 0 Å². The Morgan fingerprint density at radius 1 is 1.56 bits per heavy atom. The van der Waals surface area contributed by atoms with E-state index in [0.29, 0.717) is 5.56 Å². The first kappa shape index (κ1) is 10.8. The smallest absolute Gasteiger partial charge is 0.340 e. The number of nitrogens with one attached hydrogen (secondary N) is 1. The molecule has 0 spiro atoms. The summed E-state index contributed by atoms with van der Waals surface area (Å²) >= 11 is 0. The van der Waals surface area contributed by atoms with Crippen molar-refractivity contribution in [3.63, 3.8) is 0 Å². The lowest BCUT2D eigenvalue weighted by Crippen LogP contribution is -2.18. The molecule has 1 aromatic carbocycles. The first-order valence-electron chi connectivity index (χ1n) is 5.17. The maximum absolute atomic E-state index is 11.5. The fourth-order valence-electron chi connectivity index (χ4n) is 1.86. The summed E-state index contributed by atoms with van der Waals surface area (Å²) in [7, 11) is 3.27. The van der Waals surface area contributed by atoms with Crippen molar-refractivity contribution in [2.75, 3.05) is 20.7 Å². The van der Waals surface area contributed by atoms with Crippen LogP contribution in [0.4, 0.5) is 5.69 Å². The van der Waals surface area contributed by atoms with Gasteiger partial charge in [0.25, 0.3) is 0 Å². The number of carbonyl (C=O) groups excluding carboxylic acids is 1. The van der Waals surface area contributed by atoms with E-state index in [0.717, 1.165) is 29.9 Å². The van der Waals surface area contributed by atoms with Crippen LogP contribution >= 0.6 is 0 Å². The molecule has 84 valence electrons. The highest BCUT2D eigenvalue weighted by Gasteiger charge is 2.20. The van der Waals surface area contributed by atoms with Crippen LogP contribution in [-0.2, 0) is 11.2 Å². The van der Waals surface area contributed by atoms with Crippen LogP contribution in [0.2, 0.25) is 0 Å². The quantitative estimate of drug-likeness (QED) is 0.778. The zero-order valence-corrected chi connectivity index (χ0v) is 9.41. The molecule has 0 aromatic heterocycles. The molecule has 0 bridgehead atoms. The number of nitrogens with zero attached hydrogens (tertiary/aromatic N) is 1. The molecule has 0 saturated carbocycles. The van der Waals surface area contributed by atoms with E-state index < -0.39 is 0 Å². The lowest BCUT2D eigenvalue weighted by molar-refractivity contribution is 0.0601. The van der Waals surface area contributed by atoms with Gasteiger partial charge < -0.3 is 10.1 Å². The highest BCUT2D eigenvalue weighted by molar-refractivity contribution is 6.02. The predicted octanol–water partition coefficient (Wildman–Crippen LogP) is 1.32. The van der Waals surface area contributed by atoms with Crippen molar-refractivity contribution in [3.05, 3.63) is 29.3 Å². The van der Waals surface area contributed by atoms with Gasteiger partial charge in [0.2, 0.25) is 0 Å². The Morgan fingerprint density at radius 3 is 3.06 bits per heavy atom. The van der Waals surface area contributed by atoms with Crippen molar-refractivity contribution in [1.29, 1.82) is 0 Å². The second-order valence-corrected chi connectivity index (χ2v) is 3.69. The van der Waals surface area contributed by atoms with E-state index in [4.69, 9.17) is 4.74 Å². The maximum atomic E-state index is 11.5. The molecular weight excluding hydrogens is 204 g/mol. The topological polar surface area (TPSA) is 50.7 Å². The lowest BCUT2D eigenvalue weighted by atomic mass is 10.1. The third kappa shape index (κ3) is 1.84. The Morgan fingerprint density at radius 2 is 2.38 bits per heavy atom. The Balaban J connectivity index is 2.38. The Bertz CT molecular complexity index is 452. The number of methoxy groups -OCH3 is 1.